The molecule has 0 saturated heterocycles. The molecule has 0 saturated carbocycles. The highest BCUT2D eigenvalue weighted by atomic mass is 35.5. The van der Waals surface area contributed by atoms with E-state index in [-0.39, 0.29) is 22.3 Å². The average molecular weight is 443 g/mol. The van der Waals surface area contributed by atoms with Gasteiger partial charge in [-0.15, -0.1) is 0 Å². The summed E-state index contributed by atoms with van der Waals surface area (Å²) in [5.74, 6) is 0. The molecule has 5 nitrogen and oxygen atoms in total. The SMILES string of the molecule is C[C@@](O)(c1cc(Cl)c(NC(=O)NCc2ccc(Cl)cn2)c(Cl)c1)C(F)(F)F. The van der Waals surface area contributed by atoms with Crippen LogP contribution in [0.15, 0.2) is 30.5 Å². The summed E-state index contributed by atoms with van der Waals surface area (Å²) in [5.41, 5.74) is -3.27. The first-order chi connectivity index (χ1) is 12.4. The summed E-state index contributed by atoms with van der Waals surface area (Å²) < 4.78 is 38.8. The summed E-state index contributed by atoms with van der Waals surface area (Å²) in [5, 5.41) is 14.5. The Balaban J connectivity index is 2.12. The third kappa shape index (κ3) is 5.16. The molecular formula is C16H13Cl3F3N3O2. The zero-order valence-corrected chi connectivity index (χ0v) is 15.9. The van der Waals surface area contributed by atoms with Crippen LogP contribution in [0.2, 0.25) is 15.1 Å². The van der Waals surface area contributed by atoms with Crippen LogP contribution in [0.1, 0.15) is 18.2 Å². The number of hydrogen-bond acceptors (Lipinski definition) is 3. The highest BCUT2D eigenvalue weighted by Gasteiger charge is 2.51. The van der Waals surface area contributed by atoms with Crippen molar-refractivity contribution in [2.75, 3.05) is 5.32 Å². The number of rotatable bonds is 4. The maximum absolute atomic E-state index is 12.9. The summed E-state index contributed by atoms with van der Waals surface area (Å²) in [6, 6.07) is 4.28. The number of amides is 2. The summed E-state index contributed by atoms with van der Waals surface area (Å²) in [7, 11) is 0. The van der Waals surface area contributed by atoms with Gasteiger partial charge in [0.15, 0.2) is 5.60 Å². The number of nitrogens with one attached hydrogen (secondary N) is 2. The number of benzene rings is 1. The Bertz CT molecular complexity index is 820. The monoisotopic (exact) mass is 441 g/mol. The normalized spacial score (nSPS) is 13.8. The van der Waals surface area contributed by atoms with Gasteiger partial charge in [0.05, 0.1) is 33.0 Å². The summed E-state index contributed by atoms with van der Waals surface area (Å²) >= 11 is 17.6. The van der Waals surface area contributed by atoms with E-state index in [0.29, 0.717) is 17.6 Å². The minimum absolute atomic E-state index is 0.0686. The molecule has 2 amide bonds. The molecule has 27 heavy (non-hydrogen) atoms. The van der Waals surface area contributed by atoms with Crippen LogP contribution in [0.25, 0.3) is 0 Å². The number of hydrogen-bond donors (Lipinski definition) is 3. The fourth-order valence-electron chi connectivity index (χ4n) is 1.98. The smallest absolute Gasteiger partial charge is 0.376 e. The Hall–Kier alpha value is -1.74. The molecule has 1 aromatic heterocycles. The highest BCUT2D eigenvalue weighted by Crippen LogP contribution is 2.42. The average Bonchev–Trinajstić information content (AvgIpc) is 2.56. The van der Waals surface area contributed by atoms with Crippen molar-refractivity contribution in [2.24, 2.45) is 0 Å². The molecule has 146 valence electrons. The van der Waals surface area contributed by atoms with E-state index >= 15 is 0 Å². The zero-order chi connectivity index (χ0) is 20.4. The first kappa shape index (κ1) is 21.6. The van der Waals surface area contributed by atoms with E-state index < -0.39 is 23.4 Å². The second-order valence-corrected chi connectivity index (χ2v) is 6.91. The molecular weight excluding hydrogens is 430 g/mol. The van der Waals surface area contributed by atoms with Crippen LogP contribution in [0, 0.1) is 0 Å². The molecule has 0 aliphatic rings. The Labute approximate surface area is 167 Å². The highest BCUT2D eigenvalue weighted by molar-refractivity contribution is 6.39. The van der Waals surface area contributed by atoms with E-state index in [1.54, 1.807) is 12.1 Å². The van der Waals surface area contributed by atoms with E-state index in [4.69, 9.17) is 34.8 Å². The molecule has 0 aliphatic carbocycles. The molecule has 0 fully saturated rings. The number of aromatic nitrogens is 1. The minimum atomic E-state index is -4.93. The molecule has 2 aromatic rings. The van der Waals surface area contributed by atoms with Crippen molar-refractivity contribution in [3.63, 3.8) is 0 Å². The fourth-order valence-corrected chi connectivity index (χ4v) is 2.67. The number of halogens is 6. The van der Waals surface area contributed by atoms with Crippen molar-refractivity contribution in [3.05, 3.63) is 56.8 Å². The van der Waals surface area contributed by atoms with Gasteiger partial charge in [-0.3, -0.25) is 4.98 Å². The Morgan fingerprint density at radius 3 is 2.26 bits per heavy atom. The standard InChI is InChI=1S/C16H13Cl3F3N3O2/c1-15(27,16(20,21)22)8-4-11(18)13(12(19)5-8)25-14(26)24-7-10-3-2-9(17)6-23-10/h2-6,27H,7H2,1H3,(H2,24,25,26)/t15-/m1/s1. The van der Waals surface area contributed by atoms with E-state index in [2.05, 4.69) is 15.6 Å². The van der Waals surface area contributed by atoms with Gasteiger partial charge in [0, 0.05) is 6.20 Å². The van der Waals surface area contributed by atoms with Crippen LogP contribution in [0.3, 0.4) is 0 Å². The maximum Gasteiger partial charge on any atom is 0.421 e. The van der Waals surface area contributed by atoms with Gasteiger partial charge in [0.2, 0.25) is 0 Å². The number of carbonyl (C=O) groups is 1. The van der Waals surface area contributed by atoms with Crippen LogP contribution >= 0.6 is 34.8 Å². The second kappa shape index (κ2) is 8.10. The van der Waals surface area contributed by atoms with Crippen LogP contribution < -0.4 is 10.6 Å². The molecule has 1 atom stereocenters. The van der Waals surface area contributed by atoms with Gasteiger partial charge in [-0.25, -0.2) is 4.79 Å². The largest absolute Gasteiger partial charge is 0.421 e. The summed E-state index contributed by atoms with van der Waals surface area (Å²) in [6.07, 6.45) is -3.52. The van der Waals surface area contributed by atoms with Gasteiger partial charge in [-0.05, 0) is 36.8 Å². The number of pyridine rings is 1. The van der Waals surface area contributed by atoms with Crippen molar-refractivity contribution in [3.8, 4) is 0 Å². The van der Waals surface area contributed by atoms with Gasteiger partial charge in [-0.1, -0.05) is 34.8 Å². The molecule has 0 unspecified atom stereocenters. The Morgan fingerprint density at radius 2 is 1.78 bits per heavy atom. The second-order valence-electron chi connectivity index (χ2n) is 5.66. The lowest BCUT2D eigenvalue weighted by molar-refractivity contribution is -0.258. The first-order valence-electron chi connectivity index (χ1n) is 7.35. The summed E-state index contributed by atoms with van der Waals surface area (Å²) in [4.78, 5) is 16.0. The minimum Gasteiger partial charge on any atom is -0.376 e. The lowest BCUT2D eigenvalue weighted by atomic mass is 9.95. The molecule has 3 N–H and O–H groups in total. The van der Waals surface area contributed by atoms with Gasteiger partial charge < -0.3 is 15.7 Å². The number of urea groups is 1. The predicted octanol–water partition coefficient (Wildman–Crippen LogP) is 5.13. The Morgan fingerprint density at radius 1 is 1.19 bits per heavy atom. The topological polar surface area (TPSA) is 74.2 Å². The molecule has 0 spiro atoms. The fraction of sp³-hybridized carbons (Fsp3) is 0.250. The third-order valence-corrected chi connectivity index (χ3v) is 4.43. The number of carbonyl (C=O) groups excluding carboxylic acids is 1. The van der Waals surface area contributed by atoms with Crippen LogP contribution in [0.5, 0.6) is 0 Å². The molecule has 2 rings (SSSR count). The van der Waals surface area contributed by atoms with E-state index in [9.17, 15) is 23.1 Å². The molecule has 0 radical (unpaired) electrons. The van der Waals surface area contributed by atoms with Crippen LogP contribution in [0.4, 0.5) is 23.7 Å². The van der Waals surface area contributed by atoms with Gasteiger partial charge >= 0.3 is 12.2 Å². The quantitative estimate of drug-likeness (QED) is 0.614. The Kier molecular flexibility index (Phi) is 6.47. The van der Waals surface area contributed by atoms with Crippen molar-refractivity contribution >= 4 is 46.5 Å². The van der Waals surface area contributed by atoms with Crippen molar-refractivity contribution in [2.45, 2.75) is 25.2 Å². The van der Waals surface area contributed by atoms with Crippen LogP contribution in [-0.4, -0.2) is 22.3 Å². The zero-order valence-electron chi connectivity index (χ0n) is 13.7. The number of alkyl halides is 3. The molecule has 1 aromatic carbocycles. The van der Waals surface area contributed by atoms with Gasteiger partial charge in [-0.2, -0.15) is 13.2 Å². The molecule has 0 bridgehead atoms. The van der Waals surface area contributed by atoms with E-state index in [1.807, 2.05) is 0 Å². The van der Waals surface area contributed by atoms with Crippen molar-refractivity contribution < 1.29 is 23.1 Å². The lowest BCUT2D eigenvalue weighted by Gasteiger charge is -2.27. The van der Waals surface area contributed by atoms with E-state index in [1.165, 1.54) is 6.20 Å². The summed E-state index contributed by atoms with van der Waals surface area (Å²) in [6.45, 7) is 0.646. The van der Waals surface area contributed by atoms with Crippen molar-refractivity contribution in [1.82, 2.24) is 10.3 Å². The molecule has 11 heteroatoms. The van der Waals surface area contributed by atoms with Gasteiger partial charge in [0.25, 0.3) is 0 Å². The first-order valence-corrected chi connectivity index (χ1v) is 8.49. The molecule has 0 aliphatic heterocycles. The van der Waals surface area contributed by atoms with E-state index in [0.717, 1.165) is 12.1 Å². The van der Waals surface area contributed by atoms with Crippen molar-refractivity contribution in [1.29, 1.82) is 0 Å². The maximum atomic E-state index is 12.9. The number of aliphatic hydroxyl groups is 1. The number of anilines is 1. The van der Waals surface area contributed by atoms with Crippen LogP contribution in [-0.2, 0) is 12.1 Å². The lowest BCUT2D eigenvalue weighted by Crippen LogP contribution is -2.39. The predicted molar refractivity (Wildman–Crippen MR) is 97.2 cm³/mol. The number of nitrogens with zero attached hydrogens (tertiary/aromatic N) is 1. The van der Waals surface area contributed by atoms with Gasteiger partial charge in [0.1, 0.15) is 0 Å². The third-order valence-electron chi connectivity index (χ3n) is 3.61. The molecule has 1 heterocycles.